The molecule has 2 aliphatic rings. The lowest BCUT2D eigenvalue weighted by Crippen LogP contribution is -2.27. The van der Waals surface area contributed by atoms with Crippen LogP contribution in [0.25, 0.3) is 0 Å². The average Bonchev–Trinajstić information content (AvgIpc) is 3.12. The molecule has 22 heavy (non-hydrogen) atoms. The van der Waals surface area contributed by atoms with Crippen molar-refractivity contribution in [2.75, 3.05) is 11.5 Å². The van der Waals surface area contributed by atoms with Gasteiger partial charge in [0.25, 0.3) is 0 Å². The molecule has 0 spiro atoms. The van der Waals surface area contributed by atoms with Crippen LogP contribution in [0.4, 0.5) is 0 Å². The molecule has 1 aromatic carbocycles. The summed E-state index contributed by atoms with van der Waals surface area (Å²) in [6.45, 7) is 0. The molecule has 0 amide bonds. The van der Waals surface area contributed by atoms with E-state index in [-0.39, 0.29) is 17.7 Å². The van der Waals surface area contributed by atoms with E-state index in [9.17, 15) is 8.42 Å². The number of fused-ring (bicyclic) bond motifs is 1. The van der Waals surface area contributed by atoms with Crippen LogP contribution >= 0.6 is 0 Å². The largest absolute Gasteiger partial charge is 0.246 e. The summed E-state index contributed by atoms with van der Waals surface area (Å²) in [6, 6.07) is 8.72. The third-order valence-electron chi connectivity index (χ3n) is 4.80. The summed E-state index contributed by atoms with van der Waals surface area (Å²) in [5.74, 6) is 1.36. The van der Waals surface area contributed by atoms with Crippen LogP contribution in [0.5, 0.6) is 0 Å². The minimum atomic E-state index is -2.93. The standard InChI is InChI=1S/C16H19N3O2S/c20-22(21)7-3-6-14(10-22)16-17-11-18-19(16)15-8-12-4-1-2-5-13(12)9-15/h1-2,4-5,11,14-15H,3,6-10H2. The van der Waals surface area contributed by atoms with Crippen molar-refractivity contribution < 1.29 is 8.42 Å². The predicted molar refractivity (Wildman–Crippen MR) is 83.5 cm³/mol. The third kappa shape index (κ3) is 2.45. The molecule has 0 N–H and O–H groups in total. The zero-order chi connectivity index (χ0) is 15.2. The van der Waals surface area contributed by atoms with Crippen molar-refractivity contribution in [2.24, 2.45) is 0 Å². The lowest BCUT2D eigenvalue weighted by Gasteiger charge is -2.23. The van der Waals surface area contributed by atoms with Crippen molar-refractivity contribution in [2.45, 2.75) is 37.6 Å². The summed E-state index contributed by atoms with van der Waals surface area (Å²) in [4.78, 5) is 4.40. The highest BCUT2D eigenvalue weighted by Gasteiger charge is 2.32. The van der Waals surface area contributed by atoms with E-state index in [0.717, 1.165) is 31.5 Å². The van der Waals surface area contributed by atoms with E-state index in [1.54, 1.807) is 6.33 Å². The number of aromatic nitrogens is 3. The molecule has 1 aliphatic carbocycles. The van der Waals surface area contributed by atoms with Crippen molar-refractivity contribution in [3.05, 3.63) is 47.5 Å². The summed E-state index contributed by atoms with van der Waals surface area (Å²) in [6.07, 6.45) is 5.08. The SMILES string of the molecule is O=S1(=O)CCCC(c2ncnn2C2Cc3ccccc3C2)C1. The predicted octanol–water partition coefficient (Wildman–Crippen LogP) is 1.91. The summed E-state index contributed by atoms with van der Waals surface area (Å²) in [5.41, 5.74) is 2.73. The van der Waals surface area contributed by atoms with E-state index in [1.807, 2.05) is 4.68 Å². The lowest BCUT2D eigenvalue weighted by atomic mass is 10.0. The fourth-order valence-electron chi connectivity index (χ4n) is 3.77. The summed E-state index contributed by atoms with van der Waals surface area (Å²) < 4.78 is 25.8. The molecule has 0 bridgehead atoms. The van der Waals surface area contributed by atoms with Gasteiger partial charge in [-0.1, -0.05) is 24.3 Å². The molecular formula is C16H19N3O2S. The minimum Gasteiger partial charge on any atom is -0.246 e. The van der Waals surface area contributed by atoms with Gasteiger partial charge in [-0.25, -0.2) is 18.1 Å². The Bertz CT molecular complexity index is 772. The Balaban J connectivity index is 1.62. The Hall–Kier alpha value is -1.69. The maximum Gasteiger partial charge on any atom is 0.151 e. The Morgan fingerprint density at radius 2 is 1.86 bits per heavy atom. The van der Waals surface area contributed by atoms with Crippen LogP contribution in [0.2, 0.25) is 0 Å². The molecule has 116 valence electrons. The maximum absolute atomic E-state index is 11.9. The van der Waals surface area contributed by atoms with Crippen molar-refractivity contribution in [1.29, 1.82) is 0 Å². The summed E-state index contributed by atoms with van der Waals surface area (Å²) in [5, 5.41) is 4.41. The zero-order valence-corrected chi connectivity index (χ0v) is 13.2. The molecule has 1 saturated heterocycles. The van der Waals surface area contributed by atoms with E-state index in [4.69, 9.17) is 0 Å². The number of rotatable bonds is 2. The molecule has 1 unspecified atom stereocenters. The van der Waals surface area contributed by atoms with Crippen LogP contribution in [0.3, 0.4) is 0 Å². The van der Waals surface area contributed by atoms with Crippen LogP contribution in [0, 0.1) is 0 Å². The number of benzene rings is 1. The van der Waals surface area contributed by atoms with Crippen LogP contribution in [0.1, 0.15) is 41.8 Å². The summed E-state index contributed by atoms with van der Waals surface area (Å²) >= 11 is 0. The van der Waals surface area contributed by atoms with Crippen LogP contribution < -0.4 is 0 Å². The van der Waals surface area contributed by atoms with Crippen LogP contribution in [-0.4, -0.2) is 34.7 Å². The summed E-state index contributed by atoms with van der Waals surface area (Å²) in [7, 11) is -2.93. The van der Waals surface area contributed by atoms with Gasteiger partial charge in [-0.2, -0.15) is 5.10 Å². The van der Waals surface area contributed by atoms with Gasteiger partial charge in [-0.15, -0.1) is 0 Å². The van der Waals surface area contributed by atoms with Gasteiger partial charge in [0.05, 0.1) is 17.5 Å². The quantitative estimate of drug-likeness (QED) is 0.849. The van der Waals surface area contributed by atoms with Gasteiger partial charge in [-0.3, -0.25) is 0 Å². The fourth-order valence-corrected chi connectivity index (χ4v) is 5.47. The Morgan fingerprint density at radius 1 is 1.14 bits per heavy atom. The molecule has 2 heterocycles. The molecule has 5 nitrogen and oxygen atoms in total. The van der Waals surface area contributed by atoms with E-state index in [2.05, 4.69) is 34.3 Å². The topological polar surface area (TPSA) is 64.8 Å². The zero-order valence-electron chi connectivity index (χ0n) is 12.4. The molecule has 4 rings (SSSR count). The second-order valence-corrected chi connectivity index (χ2v) is 8.58. The molecule has 6 heteroatoms. The molecule has 1 aromatic heterocycles. The minimum absolute atomic E-state index is 0.00929. The normalized spacial score (nSPS) is 24.3. The first-order chi connectivity index (χ1) is 10.6. The molecule has 0 saturated carbocycles. The highest BCUT2D eigenvalue weighted by atomic mass is 32.2. The maximum atomic E-state index is 11.9. The van der Waals surface area contributed by atoms with Gasteiger partial charge in [0.2, 0.25) is 0 Å². The van der Waals surface area contributed by atoms with E-state index >= 15 is 0 Å². The van der Waals surface area contributed by atoms with Gasteiger partial charge in [-0.05, 0) is 36.8 Å². The van der Waals surface area contributed by atoms with Gasteiger partial charge in [0.15, 0.2) is 9.84 Å². The molecule has 1 aliphatic heterocycles. The molecule has 2 aromatic rings. The third-order valence-corrected chi connectivity index (χ3v) is 6.63. The van der Waals surface area contributed by atoms with Gasteiger partial charge in [0, 0.05) is 5.92 Å². The van der Waals surface area contributed by atoms with Gasteiger partial charge in [0.1, 0.15) is 12.2 Å². The first-order valence-electron chi connectivity index (χ1n) is 7.79. The monoisotopic (exact) mass is 317 g/mol. The Kier molecular flexibility index (Phi) is 3.29. The van der Waals surface area contributed by atoms with Crippen molar-refractivity contribution in [3.63, 3.8) is 0 Å². The van der Waals surface area contributed by atoms with Gasteiger partial charge < -0.3 is 0 Å². The second kappa shape index (κ2) is 5.19. The number of nitrogens with zero attached hydrogens (tertiary/aromatic N) is 3. The smallest absolute Gasteiger partial charge is 0.151 e. The van der Waals surface area contributed by atoms with Crippen molar-refractivity contribution >= 4 is 9.84 Å². The first kappa shape index (κ1) is 13.9. The van der Waals surface area contributed by atoms with Crippen molar-refractivity contribution in [3.8, 4) is 0 Å². The highest BCUT2D eigenvalue weighted by Crippen LogP contribution is 2.33. The van der Waals surface area contributed by atoms with E-state index in [1.165, 1.54) is 11.1 Å². The Morgan fingerprint density at radius 3 is 2.55 bits per heavy atom. The fraction of sp³-hybridized carbons (Fsp3) is 0.500. The van der Waals surface area contributed by atoms with Crippen molar-refractivity contribution in [1.82, 2.24) is 14.8 Å². The van der Waals surface area contributed by atoms with Gasteiger partial charge >= 0.3 is 0 Å². The first-order valence-corrected chi connectivity index (χ1v) is 9.61. The van der Waals surface area contributed by atoms with Crippen LogP contribution in [-0.2, 0) is 22.7 Å². The molecular weight excluding hydrogens is 298 g/mol. The number of hydrogen-bond donors (Lipinski definition) is 0. The molecule has 0 radical (unpaired) electrons. The van der Waals surface area contributed by atoms with E-state index < -0.39 is 9.84 Å². The molecule has 1 fully saturated rings. The average molecular weight is 317 g/mol. The lowest BCUT2D eigenvalue weighted by molar-refractivity contribution is 0.430. The second-order valence-electron chi connectivity index (χ2n) is 6.35. The highest BCUT2D eigenvalue weighted by molar-refractivity contribution is 7.91. The van der Waals surface area contributed by atoms with Crippen LogP contribution in [0.15, 0.2) is 30.6 Å². The molecule has 1 atom stereocenters. The van der Waals surface area contributed by atoms with E-state index in [0.29, 0.717) is 5.75 Å². The number of sulfone groups is 1. The number of hydrogen-bond acceptors (Lipinski definition) is 4. The Labute approximate surface area is 130 Å².